The molecular weight excluding hydrogens is 381 g/mol. The van der Waals surface area contributed by atoms with Gasteiger partial charge >= 0.3 is 0 Å². The van der Waals surface area contributed by atoms with E-state index in [9.17, 15) is 9.50 Å². The van der Waals surface area contributed by atoms with Crippen LogP contribution in [-0.4, -0.2) is 33.9 Å². The van der Waals surface area contributed by atoms with Gasteiger partial charge in [-0.15, -0.1) is 0 Å². The number of rotatable bonds is 9. The lowest BCUT2D eigenvalue weighted by molar-refractivity contribution is 0.0279. The fourth-order valence-electron chi connectivity index (χ4n) is 2.91. The Kier molecular flexibility index (Phi) is 7.17. The van der Waals surface area contributed by atoms with Gasteiger partial charge in [-0.1, -0.05) is 35.9 Å². The maximum Gasteiger partial charge on any atom is 0.130 e. The highest BCUT2D eigenvalue weighted by Gasteiger charge is 2.19. The third-order valence-corrected chi connectivity index (χ3v) is 4.60. The van der Waals surface area contributed by atoms with Gasteiger partial charge in [0.25, 0.3) is 0 Å². The molecule has 1 heterocycles. The van der Waals surface area contributed by atoms with Crippen LogP contribution in [0, 0.1) is 5.82 Å². The fourth-order valence-corrected chi connectivity index (χ4v) is 3.03. The van der Waals surface area contributed by atoms with Gasteiger partial charge in [-0.05, 0) is 35.4 Å². The first-order chi connectivity index (χ1) is 13.5. The Hall–Kier alpha value is -2.25. The van der Waals surface area contributed by atoms with Gasteiger partial charge in [0.15, 0.2) is 0 Å². The van der Waals surface area contributed by atoms with Crippen LogP contribution in [0.3, 0.4) is 0 Å². The summed E-state index contributed by atoms with van der Waals surface area (Å²) < 4.78 is 21.1. The standard InChI is InChI=1S/C21H23ClFN3O2/c1-26-10-9-24-21(26)20(16-3-2-4-18(23)11-16)25-12-19(27)14-28-13-15-5-7-17(22)8-6-15/h2-11,19-20,25,27H,12-14H2,1H3. The number of aliphatic hydroxyl groups is 1. The van der Waals surface area contributed by atoms with E-state index < -0.39 is 6.10 Å². The number of hydrogen-bond acceptors (Lipinski definition) is 4. The number of ether oxygens (including phenoxy) is 1. The SMILES string of the molecule is Cn1ccnc1C(NCC(O)COCc1ccc(Cl)cc1)c1cccc(F)c1. The van der Waals surface area contributed by atoms with E-state index in [4.69, 9.17) is 16.3 Å². The van der Waals surface area contributed by atoms with Crippen LogP contribution in [0.4, 0.5) is 4.39 Å². The summed E-state index contributed by atoms with van der Waals surface area (Å²) in [6.45, 7) is 0.835. The summed E-state index contributed by atoms with van der Waals surface area (Å²) >= 11 is 5.86. The van der Waals surface area contributed by atoms with Crippen molar-refractivity contribution in [3.8, 4) is 0 Å². The van der Waals surface area contributed by atoms with Crippen LogP contribution in [0.1, 0.15) is 23.0 Å². The molecule has 0 aliphatic carbocycles. The predicted octanol–water partition coefficient (Wildman–Crippen LogP) is 3.47. The van der Waals surface area contributed by atoms with Crippen molar-refractivity contribution in [2.45, 2.75) is 18.8 Å². The lowest BCUT2D eigenvalue weighted by Gasteiger charge is -2.21. The van der Waals surface area contributed by atoms with E-state index in [1.54, 1.807) is 24.4 Å². The Morgan fingerprint density at radius 2 is 2.04 bits per heavy atom. The summed E-state index contributed by atoms with van der Waals surface area (Å²) in [5, 5.41) is 14.2. The van der Waals surface area contributed by atoms with Crippen molar-refractivity contribution in [1.29, 1.82) is 0 Å². The number of aryl methyl sites for hydroxylation is 1. The molecule has 0 bridgehead atoms. The third kappa shape index (κ3) is 5.62. The van der Waals surface area contributed by atoms with Crippen LogP contribution in [0.25, 0.3) is 0 Å². The van der Waals surface area contributed by atoms with Crippen molar-refractivity contribution in [2.24, 2.45) is 7.05 Å². The largest absolute Gasteiger partial charge is 0.389 e. The summed E-state index contributed by atoms with van der Waals surface area (Å²) in [7, 11) is 1.88. The number of aromatic nitrogens is 2. The van der Waals surface area contributed by atoms with Gasteiger partial charge < -0.3 is 19.7 Å². The highest BCUT2D eigenvalue weighted by atomic mass is 35.5. The molecule has 0 saturated carbocycles. The summed E-state index contributed by atoms with van der Waals surface area (Å²) in [6.07, 6.45) is 2.80. The summed E-state index contributed by atoms with van der Waals surface area (Å²) in [5.74, 6) is 0.422. The molecule has 7 heteroatoms. The van der Waals surface area contributed by atoms with E-state index in [2.05, 4.69) is 10.3 Å². The normalized spacial score (nSPS) is 13.4. The van der Waals surface area contributed by atoms with Crippen molar-refractivity contribution >= 4 is 11.6 Å². The van der Waals surface area contributed by atoms with Gasteiger partial charge in [-0.25, -0.2) is 9.37 Å². The van der Waals surface area contributed by atoms with Crippen LogP contribution >= 0.6 is 11.6 Å². The quantitative estimate of drug-likeness (QED) is 0.574. The molecule has 0 aliphatic heterocycles. The smallest absolute Gasteiger partial charge is 0.130 e. The minimum absolute atomic E-state index is 0.173. The molecule has 3 rings (SSSR count). The average Bonchev–Trinajstić information content (AvgIpc) is 3.09. The monoisotopic (exact) mass is 403 g/mol. The van der Waals surface area contributed by atoms with Gasteiger partial charge in [0.2, 0.25) is 0 Å². The van der Waals surface area contributed by atoms with Crippen LogP contribution in [0.15, 0.2) is 60.9 Å². The van der Waals surface area contributed by atoms with Crippen molar-refractivity contribution in [1.82, 2.24) is 14.9 Å². The third-order valence-electron chi connectivity index (χ3n) is 4.35. The molecular formula is C21H23ClFN3O2. The number of hydrogen-bond donors (Lipinski definition) is 2. The number of aliphatic hydroxyl groups excluding tert-OH is 1. The van der Waals surface area contributed by atoms with Crippen LogP contribution in [0.5, 0.6) is 0 Å². The number of nitrogens with zero attached hydrogens (tertiary/aromatic N) is 2. The molecule has 2 N–H and O–H groups in total. The number of nitrogens with one attached hydrogen (secondary N) is 1. The summed E-state index contributed by atoms with van der Waals surface area (Å²) in [6, 6.07) is 13.4. The molecule has 0 radical (unpaired) electrons. The second-order valence-electron chi connectivity index (χ2n) is 6.59. The molecule has 1 aromatic heterocycles. The van der Waals surface area contributed by atoms with Gasteiger partial charge in [0, 0.05) is 31.0 Å². The van der Waals surface area contributed by atoms with Gasteiger partial charge in [-0.3, -0.25) is 0 Å². The van der Waals surface area contributed by atoms with Crippen LogP contribution < -0.4 is 5.32 Å². The number of halogens is 2. The Labute approximate surface area is 168 Å². The molecule has 0 aliphatic rings. The maximum atomic E-state index is 13.7. The molecule has 5 nitrogen and oxygen atoms in total. The zero-order valence-corrected chi connectivity index (χ0v) is 16.3. The molecule has 0 amide bonds. The number of imidazole rings is 1. The second kappa shape index (κ2) is 9.80. The van der Waals surface area contributed by atoms with Crippen LogP contribution in [0.2, 0.25) is 5.02 Å². The molecule has 2 unspecified atom stereocenters. The molecule has 28 heavy (non-hydrogen) atoms. The van der Waals surface area contributed by atoms with E-state index in [-0.39, 0.29) is 25.0 Å². The minimum Gasteiger partial charge on any atom is -0.389 e. The Morgan fingerprint density at radius 3 is 2.71 bits per heavy atom. The lowest BCUT2D eigenvalue weighted by Crippen LogP contribution is -2.34. The molecule has 0 saturated heterocycles. The zero-order valence-electron chi connectivity index (χ0n) is 15.6. The predicted molar refractivity (Wildman–Crippen MR) is 107 cm³/mol. The Balaban J connectivity index is 1.57. The first-order valence-electron chi connectivity index (χ1n) is 8.99. The van der Waals surface area contributed by atoms with E-state index in [1.165, 1.54) is 12.1 Å². The fraction of sp³-hybridized carbons (Fsp3) is 0.286. The van der Waals surface area contributed by atoms with E-state index >= 15 is 0 Å². The second-order valence-corrected chi connectivity index (χ2v) is 7.02. The Morgan fingerprint density at radius 1 is 1.25 bits per heavy atom. The van der Waals surface area contributed by atoms with Crippen molar-refractivity contribution in [2.75, 3.05) is 13.2 Å². The highest BCUT2D eigenvalue weighted by molar-refractivity contribution is 6.30. The average molecular weight is 404 g/mol. The molecule has 2 aromatic carbocycles. The first kappa shape index (κ1) is 20.5. The highest BCUT2D eigenvalue weighted by Crippen LogP contribution is 2.21. The Bertz CT molecular complexity index is 885. The number of benzene rings is 2. The lowest BCUT2D eigenvalue weighted by atomic mass is 10.1. The zero-order chi connectivity index (χ0) is 19.9. The molecule has 0 fully saturated rings. The van der Waals surface area contributed by atoms with Crippen molar-refractivity contribution in [3.63, 3.8) is 0 Å². The molecule has 0 spiro atoms. The molecule has 148 valence electrons. The molecule has 3 aromatic rings. The van der Waals surface area contributed by atoms with Gasteiger partial charge in [-0.2, -0.15) is 0 Å². The minimum atomic E-state index is -0.719. The van der Waals surface area contributed by atoms with E-state index in [0.717, 1.165) is 17.0 Å². The maximum absolute atomic E-state index is 13.7. The van der Waals surface area contributed by atoms with E-state index in [1.807, 2.05) is 36.0 Å². The van der Waals surface area contributed by atoms with Gasteiger partial charge in [0.1, 0.15) is 11.6 Å². The first-order valence-corrected chi connectivity index (χ1v) is 9.37. The summed E-state index contributed by atoms with van der Waals surface area (Å²) in [4.78, 5) is 4.36. The topological polar surface area (TPSA) is 59.3 Å². The van der Waals surface area contributed by atoms with Crippen molar-refractivity contribution < 1.29 is 14.2 Å². The molecule has 2 atom stereocenters. The van der Waals surface area contributed by atoms with E-state index in [0.29, 0.717) is 11.6 Å². The van der Waals surface area contributed by atoms with Crippen LogP contribution in [-0.2, 0) is 18.4 Å². The summed E-state index contributed by atoms with van der Waals surface area (Å²) in [5.41, 5.74) is 1.72. The van der Waals surface area contributed by atoms with Gasteiger partial charge in [0.05, 0.1) is 25.4 Å². The van der Waals surface area contributed by atoms with Crippen molar-refractivity contribution in [3.05, 3.63) is 88.7 Å².